The Kier molecular flexibility index (Phi) is 4.93. The van der Waals surface area contributed by atoms with E-state index < -0.39 is 22.7 Å². The van der Waals surface area contributed by atoms with E-state index in [1.54, 1.807) is 6.26 Å². The second-order valence-corrected chi connectivity index (χ2v) is 6.22. The van der Waals surface area contributed by atoms with E-state index in [-0.39, 0.29) is 10.4 Å². The summed E-state index contributed by atoms with van der Waals surface area (Å²) in [5.74, 6) is 0. The topological polar surface area (TPSA) is 42.0 Å². The molecule has 2 unspecified atom stereocenters. The van der Waals surface area contributed by atoms with Gasteiger partial charge in [-0.1, -0.05) is 6.92 Å². The van der Waals surface area contributed by atoms with Crippen molar-refractivity contribution in [3.05, 3.63) is 11.1 Å². The van der Waals surface area contributed by atoms with Crippen LogP contribution in [0.3, 0.4) is 0 Å². The summed E-state index contributed by atoms with van der Waals surface area (Å²) >= 11 is 0.918. The van der Waals surface area contributed by atoms with Crippen LogP contribution >= 0.6 is 11.3 Å². The van der Waals surface area contributed by atoms with E-state index in [4.69, 9.17) is 0 Å². The van der Waals surface area contributed by atoms with Crippen molar-refractivity contribution in [3.63, 3.8) is 0 Å². The van der Waals surface area contributed by atoms with Gasteiger partial charge >= 0.3 is 6.18 Å². The lowest BCUT2D eigenvalue weighted by atomic mass is 10.3. The lowest BCUT2D eigenvalue weighted by molar-refractivity contribution is -0.140. The van der Waals surface area contributed by atoms with Crippen molar-refractivity contribution in [1.29, 1.82) is 0 Å². The summed E-state index contributed by atoms with van der Waals surface area (Å²) < 4.78 is 47.7. The van der Waals surface area contributed by atoms with Gasteiger partial charge in [-0.05, 0) is 6.42 Å². The van der Waals surface area contributed by atoms with Gasteiger partial charge in [-0.15, -0.1) is 11.3 Å². The molecule has 0 amide bonds. The standard InChI is InChI=1S/C9H13F3N2OS2/c1-6(17(2)15)3-4-13-8-14-7(5-16-8)9(10,11)12/h5-6H,3-4H2,1-2H3,(H,13,14). The van der Waals surface area contributed by atoms with Crippen LogP contribution in [0.15, 0.2) is 5.38 Å². The monoisotopic (exact) mass is 286 g/mol. The molecule has 0 radical (unpaired) electrons. The fourth-order valence-corrected chi connectivity index (χ4v) is 2.23. The summed E-state index contributed by atoms with van der Waals surface area (Å²) in [4.78, 5) is 3.43. The van der Waals surface area contributed by atoms with E-state index in [2.05, 4.69) is 10.3 Å². The fourth-order valence-electron chi connectivity index (χ4n) is 1.03. The van der Waals surface area contributed by atoms with E-state index in [0.717, 1.165) is 16.7 Å². The van der Waals surface area contributed by atoms with Crippen molar-refractivity contribution in [2.75, 3.05) is 18.1 Å². The fraction of sp³-hybridized carbons (Fsp3) is 0.667. The molecule has 1 rings (SSSR count). The van der Waals surface area contributed by atoms with Crippen molar-refractivity contribution in [2.24, 2.45) is 0 Å². The molecule has 8 heteroatoms. The average Bonchev–Trinajstić information content (AvgIpc) is 2.65. The lowest BCUT2D eigenvalue weighted by Crippen LogP contribution is -2.15. The molecular weight excluding hydrogens is 273 g/mol. The van der Waals surface area contributed by atoms with Gasteiger partial charge in [-0.3, -0.25) is 4.21 Å². The van der Waals surface area contributed by atoms with E-state index in [9.17, 15) is 17.4 Å². The van der Waals surface area contributed by atoms with Gasteiger partial charge in [0.15, 0.2) is 10.8 Å². The van der Waals surface area contributed by atoms with Crippen molar-refractivity contribution in [1.82, 2.24) is 4.98 Å². The van der Waals surface area contributed by atoms with Crippen LogP contribution in [-0.4, -0.2) is 27.2 Å². The number of alkyl halides is 3. The molecule has 0 bridgehead atoms. The SMILES string of the molecule is CC(CCNc1nc(C(F)(F)F)cs1)S(C)=O. The molecule has 1 aromatic rings. The highest BCUT2D eigenvalue weighted by atomic mass is 32.2. The highest BCUT2D eigenvalue weighted by Crippen LogP contribution is 2.31. The zero-order valence-electron chi connectivity index (χ0n) is 9.37. The summed E-state index contributed by atoms with van der Waals surface area (Å²) in [6.07, 6.45) is -2.16. The van der Waals surface area contributed by atoms with Gasteiger partial charge in [-0.2, -0.15) is 13.2 Å². The zero-order chi connectivity index (χ0) is 13.1. The molecule has 0 aromatic carbocycles. The Bertz CT molecular complexity index is 392. The van der Waals surface area contributed by atoms with Crippen LogP contribution in [0.2, 0.25) is 0 Å². The maximum atomic E-state index is 12.2. The summed E-state index contributed by atoms with van der Waals surface area (Å²) in [6.45, 7) is 2.30. The summed E-state index contributed by atoms with van der Waals surface area (Å²) in [7, 11) is -0.914. The minimum Gasteiger partial charge on any atom is -0.361 e. The molecule has 17 heavy (non-hydrogen) atoms. The molecule has 0 saturated carbocycles. The first-order chi connectivity index (χ1) is 7.80. The molecule has 0 fully saturated rings. The molecule has 1 heterocycles. The Morgan fingerprint density at radius 3 is 2.71 bits per heavy atom. The number of hydrogen-bond donors (Lipinski definition) is 1. The molecule has 0 aliphatic carbocycles. The summed E-state index contributed by atoms with van der Waals surface area (Å²) in [5.41, 5.74) is -0.878. The molecule has 0 saturated heterocycles. The number of anilines is 1. The Labute approximate surface area is 104 Å². The number of nitrogens with one attached hydrogen (secondary N) is 1. The quantitative estimate of drug-likeness (QED) is 0.905. The van der Waals surface area contributed by atoms with Crippen LogP contribution in [0.1, 0.15) is 19.0 Å². The van der Waals surface area contributed by atoms with Gasteiger partial charge in [0.05, 0.1) is 0 Å². The Balaban J connectivity index is 2.43. The van der Waals surface area contributed by atoms with Gasteiger partial charge in [0.2, 0.25) is 0 Å². The van der Waals surface area contributed by atoms with Gasteiger partial charge < -0.3 is 5.32 Å². The second kappa shape index (κ2) is 5.81. The molecule has 0 aliphatic rings. The maximum absolute atomic E-state index is 12.2. The highest BCUT2D eigenvalue weighted by molar-refractivity contribution is 7.84. The molecule has 1 aromatic heterocycles. The molecule has 0 spiro atoms. The molecule has 2 atom stereocenters. The number of thiazole rings is 1. The first kappa shape index (κ1) is 14.4. The third-order valence-corrected chi connectivity index (χ3v) is 4.36. The van der Waals surface area contributed by atoms with Crippen LogP contribution in [0.5, 0.6) is 0 Å². The molecule has 3 nitrogen and oxygen atoms in total. The highest BCUT2D eigenvalue weighted by Gasteiger charge is 2.33. The lowest BCUT2D eigenvalue weighted by Gasteiger charge is -2.08. The van der Waals surface area contributed by atoms with Crippen molar-refractivity contribution in [2.45, 2.75) is 24.8 Å². The van der Waals surface area contributed by atoms with Gasteiger partial charge in [0.1, 0.15) is 0 Å². The predicted octanol–water partition coefficient (Wildman–Crippen LogP) is 2.73. The van der Waals surface area contributed by atoms with Crippen LogP contribution < -0.4 is 5.32 Å². The van der Waals surface area contributed by atoms with Crippen LogP contribution in [0, 0.1) is 0 Å². The minimum absolute atomic E-state index is 0.0181. The van der Waals surface area contributed by atoms with Crippen molar-refractivity contribution in [3.8, 4) is 0 Å². The first-order valence-corrected chi connectivity index (χ1v) is 7.39. The number of aromatic nitrogens is 1. The molecule has 0 aliphatic heterocycles. The normalized spacial score (nSPS) is 15.6. The summed E-state index contributed by atoms with van der Waals surface area (Å²) in [6, 6.07) is 0. The number of hydrogen-bond acceptors (Lipinski definition) is 4. The summed E-state index contributed by atoms with van der Waals surface area (Å²) in [5, 5.41) is 4.03. The van der Waals surface area contributed by atoms with Gasteiger partial charge in [-0.25, -0.2) is 4.98 Å². The third kappa shape index (κ3) is 4.63. The predicted molar refractivity (Wildman–Crippen MR) is 63.8 cm³/mol. The molecule has 98 valence electrons. The Hall–Kier alpha value is -0.630. The van der Waals surface area contributed by atoms with E-state index in [0.29, 0.717) is 13.0 Å². The van der Waals surface area contributed by atoms with Crippen molar-refractivity contribution < 1.29 is 17.4 Å². The average molecular weight is 286 g/mol. The maximum Gasteiger partial charge on any atom is 0.434 e. The van der Waals surface area contributed by atoms with Gasteiger partial charge in [0.25, 0.3) is 0 Å². The zero-order valence-corrected chi connectivity index (χ0v) is 11.0. The minimum atomic E-state index is -4.39. The van der Waals surface area contributed by atoms with Crippen LogP contribution in [-0.2, 0) is 17.0 Å². The van der Waals surface area contributed by atoms with E-state index >= 15 is 0 Å². The molecular formula is C9H13F3N2OS2. The number of halogens is 3. The Morgan fingerprint density at radius 2 is 2.24 bits per heavy atom. The van der Waals surface area contributed by atoms with Crippen LogP contribution in [0.4, 0.5) is 18.3 Å². The largest absolute Gasteiger partial charge is 0.434 e. The molecule has 1 N–H and O–H groups in total. The number of nitrogens with zero attached hydrogens (tertiary/aromatic N) is 1. The van der Waals surface area contributed by atoms with E-state index in [1.165, 1.54) is 0 Å². The number of rotatable bonds is 5. The third-order valence-electron chi connectivity index (χ3n) is 2.19. The Morgan fingerprint density at radius 1 is 1.59 bits per heavy atom. The second-order valence-electron chi connectivity index (χ2n) is 3.56. The van der Waals surface area contributed by atoms with E-state index in [1.807, 2.05) is 6.92 Å². The first-order valence-electron chi connectivity index (χ1n) is 4.89. The van der Waals surface area contributed by atoms with Crippen molar-refractivity contribution >= 4 is 27.3 Å². The smallest absolute Gasteiger partial charge is 0.361 e. The van der Waals surface area contributed by atoms with Crippen LogP contribution in [0.25, 0.3) is 0 Å². The van der Waals surface area contributed by atoms with Gasteiger partial charge in [0, 0.05) is 34.2 Å².